The molecule has 1 saturated heterocycles. The van der Waals surface area contributed by atoms with E-state index < -0.39 is 16.1 Å². The van der Waals surface area contributed by atoms with Crippen LogP contribution in [0.5, 0.6) is 0 Å². The fourth-order valence-electron chi connectivity index (χ4n) is 2.63. The molecule has 1 unspecified atom stereocenters. The van der Waals surface area contributed by atoms with Crippen molar-refractivity contribution in [3.05, 3.63) is 34.9 Å². The minimum Gasteiger partial charge on any atom is -0.340 e. The first-order valence-electron chi connectivity index (χ1n) is 6.75. The number of rotatable bonds is 4. The molecule has 0 radical (unpaired) electrons. The van der Waals surface area contributed by atoms with Crippen molar-refractivity contribution in [1.82, 2.24) is 9.21 Å². The number of benzene rings is 1. The smallest absolute Gasteiger partial charge is 0.241 e. The molecule has 1 atom stereocenters. The molecule has 1 fully saturated rings. The Morgan fingerprint density at radius 1 is 1.48 bits per heavy atom. The predicted molar refractivity (Wildman–Crippen MR) is 82.5 cm³/mol. The van der Waals surface area contributed by atoms with Gasteiger partial charge in [-0.2, -0.15) is 4.31 Å². The molecule has 5 nitrogen and oxygen atoms in total. The molecular formula is C14H19ClN2O3S. The molecule has 1 aromatic rings. The van der Waals surface area contributed by atoms with E-state index in [0.29, 0.717) is 31.0 Å². The monoisotopic (exact) mass is 330 g/mol. The maximum atomic E-state index is 12.5. The van der Waals surface area contributed by atoms with E-state index in [0.717, 1.165) is 11.8 Å². The standard InChI is InChI=1S/C14H19ClN2O3S/c1-16(10-11-5-3-6-12(15)9-11)14(18)13-7-4-8-17(13)21(2,19)20/h3,5-6,9,13H,4,7-8,10H2,1-2H3. The van der Waals surface area contributed by atoms with Crippen molar-refractivity contribution >= 4 is 27.5 Å². The van der Waals surface area contributed by atoms with Crippen molar-refractivity contribution in [2.24, 2.45) is 0 Å². The second-order valence-electron chi connectivity index (χ2n) is 5.36. The van der Waals surface area contributed by atoms with E-state index in [2.05, 4.69) is 0 Å². The van der Waals surface area contributed by atoms with E-state index in [4.69, 9.17) is 11.6 Å². The first-order chi connectivity index (χ1) is 9.79. The van der Waals surface area contributed by atoms with Crippen molar-refractivity contribution in [3.63, 3.8) is 0 Å². The third kappa shape index (κ3) is 3.96. The van der Waals surface area contributed by atoms with Crippen LogP contribution in [0, 0.1) is 0 Å². The highest BCUT2D eigenvalue weighted by molar-refractivity contribution is 7.88. The molecule has 1 aliphatic heterocycles. The van der Waals surface area contributed by atoms with Crippen LogP contribution in [0.15, 0.2) is 24.3 Å². The second-order valence-corrected chi connectivity index (χ2v) is 7.73. The highest BCUT2D eigenvalue weighted by atomic mass is 35.5. The number of nitrogens with zero attached hydrogens (tertiary/aromatic N) is 2. The summed E-state index contributed by atoms with van der Waals surface area (Å²) in [5.41, 5.74) is 0.919. The zero-order chi connectivity index (χ0) is 15.6. The first-order valence-corrected chi connectivity index (χ1v) is 8.98. The number of carbonyl (C=O) groups is 1. The van der Waals surface area contributed by atoms with Crippen LogP contribution in [0.25, 0.3) is 0 Å². The summed E-state index contributed by atoms with van der Waals surface area (Å²) >= 11 is 5.93. The summed E-state index contributed by atoms with van der Waals surface area (Å²) in [5, 5.41) is 0.618. The SMILES string of the molecule is CN(Cc1cccc(Cl)c1)C(=O)C1CCCN1S(C)(=O)=O. The minimum atomic E-state index is -3.35. The summed E-state index contributed by atoms with van der Waals surface area (Å²) in [6.45, 7) is 0.827. The van der Waals surface area contributed by atoms with Crippen LogP contribution in [-0.4, -0.2) is 49.4 Å². The molecule has 7 heteroatoms. The summed E-state index contributed by atoms with van der Waals surface area (Å²) in [5.74, 6) is -0.169. The van der Waals surface area contributed by atoms with Crippen LogP contribution in [0.2, 0.25) is 5.02 Å². The largest absolute Gasteiger partial charge is 0.340 e. The summed E-state index contributed by atoms with van der Waals surface area (Å²) in [7, 11) is -1.66. The molecule has 21 heavy (non-hydrogen) atoms. The van der Waals surface area contributed by atoms with E-state index in [-0.39, 0.29) is 5.91 Å². The molecule has 1 aliphatic rings. The minimum absolute atomic E-state index is 0.169. The van der Waals surface area contributed by atoms with E-state index in [1.165, 1.54) is 4.31 Å². The van der Waals surface area contributed by atoms with Crippen molar-refractivity contribution < 1.29 is 13.2 Å². The van der Waals surface area contributed by atoms with Gasteiger partial charge in [0.15, 0.2) is 0 Å². The number of amides is 1. The predicted octanol–water partition coefficient (Wildman–Crippen LogP) is 1.72. The maximum Gasteiger partial charge on any atom is 0.241 e. The lowest BCUT2D eigenvalue weighted by atomic mass is 10.1. The van der Waals surface area contributed by atoms with Gasteiger partial charge in [-0.15, -0.1) is 0 Å². The second kappa shape index (κ2) is 6.34. The topological polar surface area (TPSA) is 57.7 Å². The Hall–Kier alpha value is -1.11. The van der Waals surface area contributed by atoms with E-state index in [1.807, 2.05) is 12.1 Å². The number of likely N-dealkylation sites (N-methyl/N-ethyl adjacent to an activating group) is 1. The molecule has 1 aromatic carbocycles. The zero-order valence-corrected chi connectivity index (χ0v) is 13.7. The first kappa shape index (κ1) is 16.3. The van der Waals surface area contributed by atoms with Crippen LogP contribution < -0.4 is 0 Å². The van der Waals surface area contributed by atoms with Gasteiger partial charge in [0.25, 0.3) is 0 Å². The normalized spacial score (nSPS) is 19.7. The Bertz CT molecular complexity index is 633. The highest BCUT2D eigenvalue weighted by Gasteiger charge is 2.37. The Labute approximate surface area is 130 Å². The van der Waals surface area contributed by atoms with Gasteiger partial charge >= 0.3 is 0 Å². The Kier molecular flexibility index (Phi) is 4.91. The lowest BCUT2D eigenvalue weighted by Gasteiger charge is -2.26. The molecule has 1 heterocycles. The summed E-state index contributed by atoms with van der Waals surface area (Å²) in [6, 6.07) is 6.71. The molecular weight excluding hydrogens is 312 g/mol. The summed E-state index contributed by atoms with van der Waals surface area (Å²) in [4.78, 5) is 14.0. The molecule has 1 amide bonds. The van der Waals surface area contributed by atoms with Crippen molar-refractivity contribution in [2.45, 2.75) is 25.4 Å². The fraction of sp³-hybridized carbons (Fsp3) is 0.500. The lowest BCUT2D eigenvalue weighted by molar-refractivity contribution is -0.133. The zero-order valence-electron chi connectivity index (χ0n) is 12.1. The molecule has 0 saturated carbocycles. The molecule has 2 rings (SSSR count). The van der Waals surface area contributed by atoms with Gasteiger partial charge in [-0.3, -0.25) is 4.79 Å². The number of sulfonamides is 1. The number of hydrogen-bond donors (Lipinski definition) is 0. The summed E-state index contributed by atoms with van der Waals surface area (Å²) < 4.78 is 24.7. The molecule has 0 N–H and O–H groups in total. The van der Waals surface area contributed by atoms with E-state index in [1.54, 1.807) is 24.1 Å². The van der Waals surface area contributed by atoms with E-state index in [9.17, 15) is 13.2 Å². The summed E-state index contributed by atoms with van der Waals surface area (Å²) in [6.07, 6.45) is 2.44. The fourth-order valence-corrected chi connectivity index (χ4v) is 3.96. The quantitative estimate of drug-likeness (QED) is 0.844. The molecule has 0 bridgehead atoms. The van der Waals surface area contributed by atoms with Crippen LogP contribution in [0.4, 0.5) is 0 Å². The van der Waals surface area contributed by atoms with Crippen molar-refractivity contribution in [2.75, 3.05) is 19.8 Å². The van der Waals surface area contributed by atoms with Crippen molar-refractivity contribution in [1.29, 1.82) is 0 Å². The third-order valence-corrected chi connectivity index (χ3v) is 5.12. The maximum absolute atomic E-state index is 12.5. The van der Waals surface area contributed by atoms with Crippen LogP contribution in [0.3, 0.4) is 0 Å². The molecule has 0 aliphatic carbocycles. The Balaban J connectivity index is 2.09. The number of hydrogen-bond acceptors (Lipinski definition) is 3. The van der Waals surface area contributed by atoms with Crippen molar-refractivity contribution in [3.8, 4) is 0 Å². The van der Waals surface area contributed by atoms with Gasteiger partial charge in [-0.1, -0.05) is 23.7 Å². The van der Waals surface area contributed by atoms with Gasteiger partial charge < -0.3 is 4.90 Å². The average molecular weight is 331 g/mol. The van der Waals surface area contributed by atoms with Gasteiger partial charge in [0.05, 0.1) is 6.26 Å². The van der Waals surface area contributed by atoms with Crippen LogP contribution in [-0.2, 0) is 21.4 Å². The average Bonchev–Trinajstić information content (AvgIpc) is 2.86. The molecule has 116 valence electrons. The van der Waals surface area contributed by atoms with Gasteiger partial charge in [0.2, 0.25) is 15.9 Å². The van der Waals surface area contributed by atoms with Crippen LogP contribution in [0.1, 0.15) is 18.4 Å². The number of halogens is 1. The van der Waals surface area contributed by atoms with Gasteiger partial charge in [0.1, 0.15) is 6.04 Å². The third-order valence-electron chi connectivity index (χ3n) is 3.60. The van der Waals surface area contributed by atoms with Gasteiger partial charge in [-0.25, -0.2) is 8.42 Å². The number of carbonyl (C=O) groups excluding carboxylic acids is 1. The van der Waals surface area contributed by atoms with Gasteiger partial charge in [0, 0.05) is 25.2 Å². The van der Waals surface area contributed by atoms with Gasteiger partial charge in [-0.05, 0) is 30.5 Å². The highest BCUT2D eigenvalue weighted by Crippen LogP contribution is 2.22. The van der Waals surface area contributed by atoms with E-state index >= 15 is 0 Å². The molecule has 0 aromatic heterocycles. The molecule has 0 spiro atoms. The van der Waals surface area contributed by atoms with Crippen LogP contribution >= 0.6 is 11.6 Å². The Morgan fingerprint density at radius 2 is 2.19 bits per heavy atom. The lowest BCUT2D eigenvalue weighted by Crippen LogP contribution is -2.45. The Morgan fingerprint density at radius 3 is 2.81 bits per heavy atom.